The molecule has 1 unspecified atom stereocenters. The molecule has 6 heteroatoms. The van der Waals surface area contributed by atoms with E-state index in [0.29, 0.717) is 24.4 Å². The quantitative estimate of drug-likeness (QED) is 0.714. The van der Waals surface area contributed by atoms with Gasteiger partial charge in [-0.05, 0) is 12.1 Å². The molecule has 1 amide bonds. The van der Waals surface area contributed by atoms with E-state index in [4.69, 9.17) is 15.1 Å². The number of rotatable bonds is 1. The van der Waals surface area contributed by atoms with Crippen LogP contribution in [0.2, 0.25) is 0 Å². The Hall–Kier alpha value is -2.41. The predicted octanol–water partition coefficient (Wildman–Crippen LogP) is -0.210. The number of carbonyl (C=O) groups excluding carboxylic acids is 1. The van der Waals surface area contributed by atoms with Gasteiger partial charge < -0.3 is 14.7 Å². The van der Waals surface area contributed by atoms with Crippen molar-refractivity contribution in [2.75, 3.05) is 26.3 Å². The van der Waals surface area contributed by atoms with Gasteiger partial charge in [0.25, 0.3) is 5.91 Å². The summed E-state index contributed by atoms with van der Waals surface area (Å²) in [4.78, 5) is 17.8. The first-order chi connectivity index (χ1) is 9.74. The molecular formula is C14H13N3O3. The predicted molar refractivity (Wildman–Crippen MR) is 69.5 cm³/mol. The average Bonchev–Trinajstić information content (AvgIpc) is 2.52. The summed E-state index contributed by atoms with van der Waals surface area (Å²) in [6.07, 6.45) is 0.903. The summed E-state index contributed by atoms with van der Waals surface area (Å²) in [5, 5.41) is 17.4. The van der Waals surface area contributed by atoms with Crippen molar-refractivity contribution in [3.63, 3.8) is 0 Å². The normalized spacial score (nSPS) is 17.8. The Balaban J connectivity index is 2.07. The summed E-state index contributed by atoms with van der Waals surface area (Å²) in [6.45, 7) is 0.835. The molecule has 1 saturated heterocycles. The number of ether oxygens (including phenoxy) is 1. The third-order valence-corrected chi connectivity index (χ3v) is 2.79. The Kier molecular flexibility index (Phi) is 4.67. The van der Waals surface area contributed by atoms with Crippen molar-refractivity contribution in [3.8, 4) is 17.9 Å². The Morgan fingerprint density at radius 3 is 3.10 bits per heavy atom. The van der Waals surface area contributed by atoms with Crippen molar-refractivity contribution in [1.82, 2.24) is 9.88 Å². The SMILES string of the molecule is N#CC1CN(C(=O)c2ccc(C#CCO)cn2)CCO1. The van der Waals surface area contributed by atoms with Crippen LogP contribution in [0.4, 0.5) is 0 Å². The zero-order chi connectivity index (χ0) is 14.4. The van der Waals surface area contributed by atoms with Crippen LogP contribution in [0.3, 0.4) is 0 Å². The molecule has 102 valence electrons. The number of amides is 1. The number of carbonyl (C=O) groups is 1. The third-order valence-electron chi connectivity index (χ3n) is 2.79. The smallest absolute Gasteiger partial charge is 0.272 e. The zero-order valence-electron chi connectivity index (χ0n) is 10.7. The molecule has 0 bridgehead atoms. The minimum absolute atomic E-state index is 0.218. The van der Waals surface area contributed by atoms with Crippen LogP contribution in [0.15, 0.2) is 18.3 Å². The number of nitrogens with zero attached hydrogens (tertiary/aromatic N) is 3. The second-order valence-electron chi connectivity index (χ2n) is 4.13. The van der Waals surface area contributed by atoms with Gasteiger partial charge in [0.15, 0.2) is 6.10 Å². The highest BCUT2D eigenvalue weighted by molar-refractivity contribution is 5.92. The van der Waals surface area contributed by atoms with E-state index in [1.807, 2.05) is 6.07 Å². The van der Waals surface area contributed by atoms with Gasteiger partial charge in [-0.15, -0.1) is 0 Å². The van der Waals surface area contributed by atoms with Crippen molar-refractivity contribution < 1.29 is 14.6 Å². The third kappa shape index (κ3) is 3.33. The zero-order valence-corrected chi connectivity index (χ0v) is 10.7. The van der Waals surface area contributed by atoms with Gasteiger partial charge in [-0.25, -0.2) is 4.98 Å². The van der Waals surface area contributed by atoms with Crippen molar-refractivity contribution in [1.29, 1.82) is 5.26 Å². The second-order valence-corrected chi connectivity index (χ2v) is 4.13. The van der Waals surface area contributed by atoms with Crippen LogP contribution in [0.1, 0.15) is 16.1 Å². The highest BCUT2D eigenvalue weighted by Gasteiger charge is 2.25. The number of aliphatic hydroxyl groups excluding tert-OH is 1. The van der Waals surface area contributed by atoms with Gasteiger partial charge in [-0.1, -0.05) is 11.8 Å². The summed E-state index contributed by atoms with van der Waals surface area (Å²) >= 11 is 0. The molecule has 1 aliphatic heterocycles. The first kappa shape index (κ1) is 14.0. The molecule has 2 rings (SSSR count). The van der Waals surface area contributed by atoms with Gasteiger partial charge >= 0.3 is 0 Å². The minimum atomic E-state index is -0.581. The highest BCUT2D eigenvalue weighted by atomic mass is 16.5. The number of pyridine rings is 1. The molecule has 6 nitrogen and oxygen atoms in total. The lowest BCUT2D eigenvalue weighted by Crippen LogP contribution is -2.45. The molecule has 0 aliphatic carbocycles. The molecule has 2 heterocycles. The molecule has 0 radical (unpaired) electrons. The topological polar surface area (TPSA) is 86.5 Å². The van der Waals surface area contributed by atoms with E-state index >= 15 is 0 Å². The Morgan fingerprint density at radius 1 is 1.60 bits per heavy atom. The summed E-state index contributed by atoms with van der Waals surface area (Å²) < 4.78 is 5.19. The number of hydrogen-bond acceptors (Lipinski definition) is 5. The van der Waals surface area contributed by atoms with Crippen LogP contribution < -0.4 is 0 Å². The number of hydrogen-bond donors (Lipinski definition) is 1. The van der Waals surface area contributed by atoms with E-state index in [9.17, 15) is 4.79 Å². The molecule has 1 aliphatic rings. The average molecular weight is 271 g/mol. The van der Waals surface area contributed by atoms with Gasteiger partial charge in [0.1, 0.15) is 12.3 Å². The maximum absolute atomic E-state index is 12.2. The largest absolute Gasteiger partial charge is 0.384 e. The molecule has 1 aromatic heterocycles. The van der Waals surface area contributed by atoms with Gasteiger partial charge in [-0.2, -0.15) is 5.26 Å². The molecule has 0 aromatic carbocycles. The number of morpholine rings is 1. The lowest BCUT2D eigenvalue weighted by Gasteiger charge is -2.29. The summed E-state index contributed by atoms with van der Waals surface area (Å²) in [6, 6.07) is 5.25. The second kappa shape index (κ2) is 6.67. The highest BCUT2D eigenvalue weighted by Crippen LogP contribution is 2.09. The number of aromatic nitrogens is 1. The van der Waals surface area contributed by atoms with E-state index in [1.54, 1.807) is 17.0 Å². The molecule has 0 saturated carbocycles. The Bertz CT molecular complexity index is 580. The van der Waals surface area contributed by atoms with Gasteiger partial charge in [-0.3, -0.25) is 4.79 Å². The monoisotopic (exact) mass is 271 g/mol. The van der Waals surface area contributed by atoms with E-state index in [0.717, 1.165) is 0 Å². The standard InChI is InChI=1S/C14H13N3O3/c15-8-12-10-17(5-7-20-12)14(19)13-4-3-11(9-16-13)2-1-6-18/h3-4,9,12,18H,5-7,10H2. The molecule has 20 heavy (non-hydrogen) atoms. The van der Waals surface area contributed by atoms with E-state index < -0.39 is 6.10 Å². The summed E-state index contributed by atoms with van der Waals surface area (Å²) in [5.74, 6) is 4.99. The van der Waals surface area contributed by atoms with Crippen molar-refractivity contribution >= 4 is 5.91 Å². The van der Waals surface area contributed by atoms with Crippen molar-refractivity contribution in [3.05, 3.63) is 29.6 Å². The fourth-order valence-corrected chi connectivity index (χ4v) is 1.81. The maximum atomic E-state index is 12.2. The van der Waals surface area contributed by atoms with Gasteiger partial charge in [0, 0.05) is 18.3 Å². The van der Waals surface area contributed by atoms with E-state index in [1.165, 1.54) is 6.20 Å². The molecule has 0 spiro atoms. The number of aliphatic hydroxyl groups is 1. The summed E-state index contributed by atoms with van der Waals surface area (Å²) in [5.41, 5.74) is 0.936. The lowest BCUT2D eigenvalue weighted by atomic mass is 10.2. The molecule has 1 aromatic rings. The molecule has 1 atom stereocenters. The van der Waals surface area contributed by atoms with Crippen molar-refractivity contribution in [2.45, 2.75) is 6.10 Å². The fraction of sp³-hybridized carbons (Fsp3) is 0.357. The van der Waals surface area contributed by atoms with Crippen LogP contribution >= 0.6 is 0 Å². The molecular weight excluding hydrogens is 258 g/mol. The molecule has 1 N–H and O–H groups in total. The van der Waals surface area contributed by atoms with Crippen LogP contribution in [-0.4, -0.2) is 53.3 Å². The van der Waals surface area contributed by atoms with Gasteiger partial charge in [0.05, 0.1) is 19.2 Å². The molecule has 1 fully saturated rings. The Labute approximate surface area is 116 Å². The van der Waals surface area contributed by atoms with E-state index in [2.05, 4.69) is 16.8 Å². The van der Waals surface area contributed by atoms with Crippen LogP contribution in [0.5, 0.6) is 0 Å². The van der Waals surface area contributed by atoms with Crippen LogP contribution in [0.25, 0.3) is 0 Å². The first-order valence-electron chi connectivity index (χ1n) is 6.11. The van der Waals surface area contributed by atoms with Gasteiger partial charge in [0.2, 0.25) is 0 Å². The number of nitriles is 1. The van der Waals surface area contributed by atoms with Crippen molar-refractivity contribution in [2.24, 2.45) is 0 Å². The van der Waals surface area contributed by atoms with Crippen LogP contribution in [0, 0.1) is 23.2 Å². The first-order valence-corrected chi connectivity index (χ1v) is 6.11. The minimum Gasteiger partial charge on any atom is -0.384 e. The summed E-state index contributed by atoms with van der Waals surface area (Å²) in [7, 11) is 0. The Morgan fingerprint density at radius 2 is 2.45 bits per heavy atom. The van der Waals surface area contributed by atoms with Crippen LogP contribution in [-0.2, 0) is 4.74 Å². The lowest BCUT2D eigenvalue weighted by molar-refractivity contribution is 0.00320. The fourth-order valence-electron chi connectivity index (χ4n) is 1.81. The maximum Gasteiger partial charge on any atom is 0.272 e. The van der Waals surface area contributed by atoms with E-state index in [-0.39, 0.29) is 19.1 Å².